The van der Waals surface area contributed by atoms with Gasteiger partial charge in [-0.15, -0.1) is 0 Å². The first-order valence-corrected chi connectivity index (χ1v) is 6.54. The van der Waals surface area contributed by atoms with Gasteiger partial charge in [-0.2, -0.15) is 0 Å². The second-order valence-corrected chi connectivity index (χ2v) is 4.80. The van der Waals surface area contributed by atoms with Crippen molar-refractivity contribution in [2.75, 3.05) is 6.61 Å². The molecule has 0 amide bonds. The molecule has 1 aliphatic carbocycles. The molecule has 1 aliphatic rings. The first-order chi connectivity index (χ1) is 7.66. The van der Waals surface area contributed by atoms with Gasteiger partial charge >= 0.3 is 5.97 Å². The molecule has 0 aromatic carbocycles. The van der Waals surface area contributed by atoms with Crippen LogP contribution in [0.1, 0.15) is 64.7 Å². The van der Waals surface area contributed by atoms with Crippen LogP contribution in [0, 0.1) is 0 Å². The SMILES string of the molecule is CCOC(=O)CCC1(O)CCCCCCC1. The van der Waals surface area contributed by atoms with Crippen molar-refractivity contribution >= 4 is 5.97 Å². The zero-order valence-electron chi connectivity index (χ0n) is 10.3. The predicted octanol–water partition coefficient (Wildman–Crippen LogP) is 2.81. The molecule has 0 aliphatic heterocycles. The molecule has 0 spiro atoms. The summed E-state index contributed by atoms with van der Waals surface area (Å²) in [6.45, 7) is 2.24. The van der Waals surface area contributed by atoms with Gasteiger partial charge < -0.3 is 9.84 Å². The van der Waals surface area contributed by atoms with Crippen molar-refractivity contribution in [1.29, 1.82) is 0 Å². The Morgan fingerprint density at radius 1 is 1.19 bits per heavy atom. The van der Waals surface area contributed by atoms with Crippen molar-refractivity contribution in [1.82, 2.24) is 0 Å². The first kappa shape index (κ1) is 13.5. The van der Waals surface area contributed by atoms with E-state index in [1.807, 2.05) is 6.92 Å². The Labute approximate surface area is 98.2 Å². The van der Waals surface area contributed by atoms with E-state index in [9.17, 15) is 9.90 Å². The van der Waals surface area contributed by atoms with Crippen molar-refractivity contribution < 1.29 is 14.6 Å². The number of hydrogen-bond donors (Lipinski definition) is 1. The number of aliphatic hydroxyl groups is 1. The monoisotopic (exact) mass is 228 g/mol. The third-order valence-electron chi connectivity index (χ3n) is 3.38. The smallest absolute Gasteiger partial charge is 0.305 e. The molecule has 3 heteroatoms. The van der Waals surface area contributed by atoms with E-state index in [0.717, 1.165) is 25.7 Å². The minimum absolute atomic E-state index is 0.182. The summed E-state index contributed by atoms with van der Waals surface area (Å²) in [5.41, 5.74) is -0.618. The Bertz CT molecular complexity index is 205. The molecule has 0 saturated heterocycles. The largest absolute Gasteiger partial charge is 0.466 e. The van der Waals surface area contributed by atoms with Crippen LogP contribution in [-0.4, -0.2) is 23.3 Å². The van der Waals surface area contributed by atoms with Crippen molar-refractivity contribution in [3.05, 3.63) is 0 Å². The lowest BCUT2D eigenvalue weighted by molar-refractivity contribution is -0.144. The van der Waals surface area contributed by atoms with E-state index in [1.165, 1.54) is 19.3 Å². The molecule has 1 rings (SSSR count). The summed E-state index contributed by atoms with van der Waals surface area (Å²) in [5, 5.41) is 10.4. The van der Waals surface area contributed by atoms with E-state index in [4.69, 9.17) is 4.74 Å². The average Bonchev–Trinajstić information content (AvgIpc) is 2.22. The van der Waals surface area contributed by atoms with Crippen molar-refractivity contribution in [2.24, 2.45) is 0 Å². The Morgan fingerprint density at radius 2 is 1.75 bits per heavy atom. The lowest BCUT2D eigenvalue weighted by atomic mass is 9.84. The van der Waals surface area contributed by atoms with Crippen molar-refractivity contribution in [3.63, 3.8) is 0 Å². The highest BCUT2D eigenvalue weighted by Gasteiger charge is 2.27. The molecule has 16 heavy (non-hydrogen) atoms. The lowest BCUT2D eigenvalue weighted by Crippen LogP contribution is -2.30. The Hall–Kier alpha value is -0.570. The summed E-state index contributed by atoms with van der Waals surface area (Å²) >= 11 is 0. The van der Waals surface area contributed by atoms with Crippen LogP contribution in [0.2, 0.25) is 0 Å². The molecule has 3 nitrogen and oxygen atoms in total. The van der Waals surface area contributed by atoms with Crippen LogP contribution in [0.5, 0.6) is 0 Å². The number of carbonyl (C=O) groups is 1. The summed E-state index contributed by atoms with van der Waals surface area (Å²) in [6.07, 6.45) is 8.46. The van der Waals surface area contributed by atoms with Gasteiger partial charge in [-0.05, 0) is 26.2 Å². The van der Waals surface area contributed by atoms with Crippen LogP contribution in [-0.2, 0) is 9.53 Å². The van der Waals surface area contributed by atoms with Gasteiger partial charge in [0.15, 0.2) is 0 Å². The standard InChI is InChI=1S/C13H24O3/c1-2-16-12(14)8-11-13(15)9-6-4-3-5-7-10-13/h15H,2-11H2,1H3. The quantitative estimate of drug-likeness (QED) is 0.753. The molecule has 0 radical (unpaired) electrons. The Kier molecular flexibility index (Phi) is 5.81. The number of rotatable bonds is 4. The van der Waals surface area contributed by atoms with Crippen molar-refractivity contribution in [3.8, 4) is 0 Å². The average molecular weight is 228 g/mol. The number of carbonyl (C=O) groups excluding carboxylic acids is 1. The minimum atomic E-state index is -0.618. The van der Waals surface area contributed by atoms with Crippen molar-refractivity contribution in [2.45, 2.75) is 70.3 Å². The number of hydrogen-bond acceptors (Lipinski definition) is 3. The summed E-state index contributed by atoms with van der Waals surface area (Å²) in [4.78, 5) is 11.2. The van der Waals surface area contributed by atoms with Crippen LogP contribution < -0.4 is 0 Å². The molecule has 0 aromatic heterocycles. The lowest BCUT2D eigenvalue weighted by Gasteiger charge is -2.29. The van der Waals surface area contributed by atoms with Crippen LogP contribution in [0.3, 0.4) is 0 Å². The molecule has 0 heterocycles. The highest BCUT2D eigenvalue weighted by Crippen LogP contribution is 2.30. The van der Waals surface area contributed by atoms with E-state index < -0.39 is 5.60 Å². The normalized spacial score (nSPS) is 20.9. The van der Waals surface area contributed by atoms with E-state index in [2.05, 4.69) is 0 Å². The Morgan fingerprint density at radius 3 is 2.31 bits per heavy atom. The molecule has 0 bridgehead atoms. The molecule has 94 valence electrons. The molecular weight excluding hydrogens is 204 g/mol. The number of ether oxygens (including phenoxy) is 1. The van der Waals surface area contributed by atoms with Gasteiger partial charge in [0, 0.05) is 6.42 Å². The molecule has 1 fully saturated rings. The third kappa shape index (κ3) is 4.97. The van der Waals surface area contributed by atoms with Crippen LogP contribution in [0.15, 0.2) is 0 Å². The van der Waals surface area contributed by atoms with Gasteiger partial charge in [0.2, 0.25) is 0 Å². The summed E-state index contributed by atoms with van der Waals surface area (Å²) in [5.74, 6) is -0.182. The molecular formula is C13H24O3. The van der Waals surface area contributed by atoms with Gasteiger partial charge in [0.25, 0.3) is 0 Å². The summed E-state index contributed by atoms with van der Waals surface area (Å²) in [6, 6.07) is 0. The summed E-state index contributed by atoms with van der Waals surface area (Å²) in [7, 11) is 0. The highest BCUT2D eigenvalue weighted by molar-refractivity contribution is 5.69. The maximum atomic E-state index is 11.2. The number of esters is 1. The van der Waals surface area contributed by atoms with Crippen LogP contribution in [0.25, 0.3) is 0 Å². The maximum absolute atomic E-state index is 11.2. The topological polar surface area (TPSA) is 46.5 Å². The van der Waals surface area contributed by atoms with Crippen LogP contribution >= 0.6 is 0 Å². The van der Waals surface area contributed by atoms with E-state index >= 15 is 0 Å². The second kappa shape index (κ2) is 6.89. The Balaban J connectivity index is 2.32. The molecule has 1 saturated carbocycles. The van der Waals surface area contributed by atoms with Gasteiger partial charge in [-0.1, -0.05) is 32.1 Å². The van der Waals surface area contributed by atoms with Crippen LogP contribution in [0.4, 0.5) is 0 Å². The molecule has 1 N–H and O–H groups in total. The predicted molar refractivity (Wildman–Crippen MR) is 63.1 cm³/mol. The van der Waals surface area contributed by atoms with Gasteiger partial charge in [0.05, 0.1) is 12.2 Å². The third-order valence-corrected chi connectivity index (χ3v) is 3.38. The van der Waals surface area contributed by atoms with Gasteiger partial charge in [0.1, 0.15) is 0 Å². The maximum Gasteiger partial charge on any atom is 0.305 e. The zero-order chi connectivity index (χ0) is 11.9. The van der Waals surface area contributed by atoms with Gasteiger partial charge in [-0.3, -0.25) is 4.79 Å². The highest BCUT2D eigenvalue weighted by atomic mass is 16.5. The molecule has 0 atom stereocenters. The first-order valence-electron chi connectivity index (χ1n) is 6.54. The van der Waals surface area contributed by atoms with E-state index in [-0.39, 0.29) is 5.97 Å². The fourth-order valence-electron chi connectivity index (χ4n) is 2.38. The second-order valence-electron chi connectivity index (χ2n) is 4.80. The summed E-state index contributed by atoms with van der Waals surface area (Å²) < 4.78 is 4.88. The van der Waals surface area contributed by atoms with E-state index in [0.29, 0.717) is 19.4 Å². The molecule has 0 aromatic rings. The fourth-order valence-corrected chi connectivity index (χ4v) is 2.38. The van der Waals surface area contributed by atoms with Gasteiger partial charge in [-0.25, -0.2) is 0 Å². The molecule has 0 unspecified atom stereocenters. The van der Waals surface area contributed by atoms with E-state index in [1.54, 1.807) is 0 Å². The minimum Gasteiger partial charge on any atom is -0.466 e. The fraction of sp³-hybridized carbons (Fsp3) is 0.923. The zero-order valence-corrected chi connectivity index (χ0v) is 10.3.